The van der Waals surface area contributed by atoms with Crippen molar-refractivity contribution in [3.8, 4) is 0 Å². The van der Waals surface area contributed by atoms with Gasteiger partial charge in [-0.15, -0.1) is 0 Å². The van der Waals surface area contributed by atoms with Crippen LogP contribution in [0, 0.1) is 0 Å². The molecule has 0 radical (unpaired) electrons. The molecule has 1 aliphatic rings. The Bertz CT molecular complexity index is 552. The highest BCUT2D eigenvalue weighted by atomic mass is 35.5. The van der Waals surface area contributed by atoms with Gasteiger partial charge in [-0.2, -0.15) is 4.99 Å². The lowest BCUT2D eigenvalue weighted by Gasteiger charge is -2.29. The molecule has 6 nitrogen and oxygen atoms in total. The molecule has 0 bridgehead atoms. The average molecular weight is 344 g/mol. The topological polar surface area (TPSA) is 74.0 Å². The minimum atomic E-state index is -0.521. The molecule has 0 atom stereocenters. The standard InChI is InChI=1S/C14H19Cl2N5O/c1-18-14(22)19-13(17)21(9-20-7-2-3-8-20)12-10(15)5-4-6-11(12)16/h4-6H,2-3,7-9H2,1H3,(H3,17,18,19,22). The van der Waals surface area contributed by atoms with Crippen LogP contribution >= 0.6 is 23.2 Å². The number of nitrogens with zero attached hydrogens (tertiary/aromatic N) is 3. The van der Waals surface area contributed by atoms with Gasteiger partial charge in [0.15, 0.2) is 0 Å². The van der Waals surface area contributed by atoms with E-state index < -0.39 is 6.03 Å². The summed E-state index contributed by atoms with van der Waals surface area (Å²) in [4.78, 5) is 19.2. The van der Waals surface area contributed by atoms with Crippen LogP contribution in [0.5, 0.6) is 0 Å². The largest absolute Gasteiger partial charge is 0.369 e. The Morgan fingerprint density at radius 3 is 2.50 bits per heavy atom. The van der Waals surface area contributed by atoms with Gasteiger partial charge in [-0.3, -0.25) is 9.80 Å². The van der Waals surface area contributed by atoms with Gasteiger partial charge in [0, 0.05) is 7.05 Å². The third-order valence-corrected chi connectivity index (χ3v) is 4.06. The van der Waals surface area contributed by atoms with Crippen LogP contribution in [0.3, 0.4) is 0 Å². The summed E-state index contributed by atoms with van der Waals surface area (Å²) in [6.07, 6.45) is 2.27. The lowest BCUT2D eigenvalue weighted by atomic mass is 10.3. The van der Waals surface area contributed by atoms with Gasteiger partial charge in [0.25, 0.3) is 0 Å². The van der Waals surface area contributed by atoms with Crippen LogP contribution in [0.15, 0.2) is 23.2 Å². The fraction of sp³-hybridized carbons (Fsp3) is 0.429. The lowest BCUT2D eigenvalue weighted by Crippen LogP contribution is -2.45. The van der Waals surface area contributed by atoms with Crippen molar-refractivity contribution in [2.75, 3.05) is 31.7 Å². The summed E-state index contributed by atoms with van der Waals surface area (Å²) in [6.45, 7) is 2.41. The molecular weight excluding hydrogens is 325 g/mol. The zero-order valence-electron chi connectivity index (χ0n) is 12.4. The number of hydrogen-bond donors (Lipinski definition) is 2. The van der Waals surface area contributed by atoms with Crippen molar-refractivity contribution in [3.63, 3.8) is 0 Å². The molecule has 1 aliphatic heterocycles. The maximum Gasteiger partial charge on any atom is 0.343 e. The number of likely N-dealkylation sites (tertiary alicyclic amines) is 1. The van der Waals surface area contributed by atoms with Crippen molar-refractivity contribution in [3.05, 3.63) is 28.2 Å². The number of guanidine groups is 1. The highest BCUT2D eigenvalue weighted by Crippen LogP contribution is 2.33. The van der Waals surface area contributed by atoms with Crippen LogP contribution in [0.4, 0.5) is 10.5 Å². The number of anilines is 1. The molecule has 8 heteroatoms. The number of hydrogen-bond acceptors (Lipinski definition) is 2. The van der Waals surface area contributed by atoms with Gasteiger partial charge < -0.3 is 11.1 Å². The summed E-state index contributed by atoms with van der Waals surface area (Å²) in [5.41, 5.74) is 6.57. The molecule has 1 aromatic rings. The normalized spacial score (nSPS) is 15.9. The fourth-order valence-electron chi connectivity index (χ4n) is 2.35. The smallest absolute Gasteiger partial charge is 0.343 e. The number of nitrogens with two attached hydrogens (primary N) is 1. The molecule has 1 heterocycles. The maximum absolute atomic E-state index is 11.5. The summed E-state index contributed by atoms with van der Waals surface area (Å²) < 4.78 is 0. The first-order chi connectivity index (χ1) is 10.5. The molecule has 1 fully saturated rings. The number of aliphatic imine (C=N–C) groups is 1. The predicted molar refractivity (Wildman–Crippen MR) is 90.7 cm³/mol. The van der Waals surface area contributed by atoms with Crippen molar-refractivity contribution in [1.82, 2.24) is 10.2 Å². The molecule has 0 unspecified atom stereocenters. The third-order valence-electron chi connectivity index (χ3n) is 3.45. The summed E-state index contributed by atoms with van der Waals surface area (Å²) >= 11 is 12.5. The second-order valence-electron chi connectivity index (χ2n) is 4.99. The third kappa shape index (κ3) is 4.03. The van der Waals surface area contributed by atoms with Crippen molar-refractivity contribution in [2.45, 2.75) is 12.8 Å². The van der Waals surface area contributed by atoms with Gasteiger partial charge in [0.2, 0.25) is 5.96 Å². The first kappa shape index (κ1) is 16.9. The van der Waals surface area contributed by atoms with Crippen LogP contribution in [0.2, 0.25) is 10.0 Å². The van der Waals surface area contributed by atoms with Gasteiger partial charge in [-0.1, -0.05) is 29.3 Å². The molecule has 120 valence electrons. The Balaban J connectivity index is 2.36. The Labute approximate surface area is 139 Å². The van der Waals surface area contributed by atoms with Crippen molar-refractivity contribution in [1.29, 1.82) is 0 Å². The van der Waals surface area contributed by atoms with Crippen LogP contribution < -0.4 is 16.0 Å². The second-order valence-corrected chi connectivity index (χ2v) is 5.80. The molecule has 2 amide bonds. The molecule has 1 aromatic carbocycles. The number of carbonyl (C=O) groups is 1. The minimum absolute atomic E-state index is 0.0567. The number of rotatable bonds is 3. The van der Waals surface area contributed by atoms with E-state index in [1.165, 1.54) is 7.05 Å². The van der Waals surface area contributed by atoms with Crippen molar-refractivity contribution in [2.24, 2.45) is 10.7 Å². The second kappa shape index (κ2) is 7.67. The number of carbonyl (C=O) groups excluding carboxylic acids is 1. The Kier molecular flexibility index (Phi) is 5.88. The van der Waals surface area contributed by atoms with Crippen LogP contribution in [0.1, 0.15) is 12.8 Å². The molecule has 2 rings (SSSR count). The molecule has 1 saturated heterocycles. The molecule has 0 aromatic heterocycles. The van der Waals surface area contributed by atoms with Crippen LogP contribution in [-0.4, -0.2) is 43.7 Å². The van der Waals surface area contributed by atoms with E-state index in [4.69, 9.17) is 28.9 Å². The number of halogens is 2. The molecule has 0 saturated carbocycles. The number of urea groups is 1. The van der Waals surface area contributed by atoms with E-state index >= 15 is 0 Å². The first-order valence-electron chi connectivity index (χ1n) is 7.02. The summed E-state index contributed by atoms with van der Waals surface area (Å²) in [5, 5.41) is 3.33. The summed E-state index contributed by atoms with van der Waals surface area (Å²) in [6, 6.07) is 4.70. The highest BCUT2D eigenvalue weighted by molar-refractivity contribution is 6.40. The highest BCUT2D eigenvalue weighted by Gasteiger charge is 2.22. The van der Waals surface area contributed by atoms with Gasteiger partial charge >= 0.3 is 6.03 Å². The first-order valence-corrected chi connectivity index (χ1v) is 7.78. The van der Waals surface area contributed by atoms with E-state index in [9.17, 15) is 4.79 Å². The fourth-order valence-corrected chi connectivity index (χ4v) is 2.95. The number of benzene rings is 1. The quantitative estimate of drug-likeness (QED) is 0.653. The van der Waals surface area contributed by atoms with E-state index in [0.717, 1.165) is 25.9 Å². The SMILES string of the molecule is CNC(=O)N=C(N)N(CN1CCCC1)c1c(Cl)cccc1Cl. The lowest BCUT2D eigenvalue weighted by molar-refractivity contribution is 0.251. The molecular formula is C14H19Cl2N5O. The Hall–Kier alpha value is -1.50. The predicted octanol–water partition coefficient (Wildman–Crippen LogP) is 2.51. The molecule has 0 aliphatic carbocycles. The Morgan fingerprint density at radius 1 is 1.36 bits per heavy atom. The van der Waals surface area contributed by atoms with Crippen molar-refractivity contribution < 1.29 is 4.79 Å². The van der Waals surface area contributed by atoms with Gasteiger partial charge in [0.05, 0.1) is 22.4 Å². The van der Waals surface area contributed by atoms with Gasteiger partial charge in [-0.25, -0.2) is 4.79 Å². The van der Waals surface area contributed by atoms with E-state index in [-0.39, 0.29) is 5.96 Å². The molecule has 0 spiro atoms. The number of nitrogens with one attached hydrogen (secondary N) is 1. The van der Waals surface area contributed by atoms with E-state index in [0.29, 0.717) is 22.4 Å². The minimum Gasteiger partial charge on any atom is -0.369 e. The zero-order chi connectivity index (χ0) is 16.1. The van der Waals surface area contributed by atoms with E-state index in [2.05, 4.69) is 15.2 Å². The van der Waals surface area contributed by atoms with Gasteiger partial charge in [0.1, 0.15) is 0 Å². The molecule has 3 N–H and O–H groups in total. The maximum atomic E-state index is 11.5. The summed E-state index contributed by atoms with van der Waals surface area (Å²) in [7, 11) is 1.49. The van der Waals surface area contributed by atoms with Gasteiger partial charge in [-0.05, 0) is 38.1 Å². The van der Waals surface area contributed by atoms with Crippen LogP contribution in [0.25, 0.3) is 0 Å². The monoisotopic (exact) mass is 343 g/mol. The number of amides is 2. The zero-order valence-corrected chi connectivity index (χ0v) is 13.9. The van der Waals surface area contributed by atoms with Crippen molar-refractivity contribution >= 4 is 40.9 Å². The average Bonchev–Trinajstić information content (AvgIpc) is 2.98. The van der Waals surface area contributed by atoms with E-state index in [1.54, 1.807) is 23.1 Å². The molecule has 22 heavy (non-hydrogen) atoms. The Morgan fingerprint density at radius 2 is 1.95 bits per heavy atom. The van der Waals surface area contributed by atoms with E-state index in [1.807, 2.05) is 0 Å². The van der Waals surface area contributed by atoms with Crippen LogP contribution in [-0.2, 0) is 0 Å². The number of para-hydroxylation sites is 1. The summed E-state index contributed by atoms with van der Waals surface area (Å²) in [5.74, 6) is 0.0567.